The minimum Gasteiger partial charge on any atom is -0.383 e. The molecule has 108 valence electrons. The normalized spacial score (nSPS) is 22.8. The van der Waals surface area contributed by atoms with Crippen molar-refractivity contribution in [2.24, 2.45) is 0 Å². The minimum atomic E-state index is 0.468. The molecule has 2 unspecified atom stereocenters. The molecule has 0 aromatic heterocycles. The van der Waals surface area contributed by atoms with E-state index in [2.05, 4.69) is 35.9 Å². The molecule has 0 amide bonds. The second kappa shape index (κ2) is 8.86. The topological polar surface area (TPSA) is 27.7 Å². The Bertz CT molecular complexity index is 203. The molecular weight excluding hydrogens is 226 g/mol. The molecule has 0 aromatic carbocycles. The van der Waals surface area contributed by atoms with E-state index in [4.69, 9.17) is 4.74 Å². The van der Waals surface area contributed by atoms with Gasteiger partial charge in [0.2, 0.25) is 0 Å². The van der Waals surface area contributed by atoms with Crippen molar-refractivity contribution in [1.29, 1.82) is 0 Å². The summed E-state index contributed by atoms with van der Waals surface area (Å²) >= 11 is 0. The van der Waals surface area contributed by atoms with Crippen LogP contribution in [0.2, 0.25) is 0 Å². The lowest BCUT2D eigenvalue weighted by molar-refractivity contribution is 0.141. The van der Waals surface area contributed by atoms with Crippen molar-refractivity contribution in [3.8, 4) is 0 Å². The number of hydrogen-bond donors (Lipinski definition) is 1. The Morgan fingerprint density at radius 1 is 1.33 bits per heavy atom. The van der Waals surface area contributed by atoms with Crippen molar-refractivity contribution >= 4 is 0 Å². The molecule has 0 aliphatic carbocycles. The number of rotatable bonds is 9. The number of likely N-dealkylation sites (N-methyl/N-ethyl adjacent to an activating group) is 2. The van der Waals surface area contributed by atoms with Gasteiger partial charge in [-0.3, -0.25) is 4.90 Å². The van der Waals surface area contributed by atoms with E-state index in [0.29, 0.717) is 6.04 Å². The van der Waals surface area contributed by atoms with Crippen LogP contribution in [0.4, 0.5) is 0 Å². The first-order chi connectivity index (χ1) is 8.74. The van der Waals surface area contributed by atoms with Crippen LogP contribution in [-0.4, -0.2) is 74.9 Å². The molecule has 4 nitrogen and oxygen atoms in total. The van der Waals surface area contributed by atoms with Crippen molar-refractivity contribution in [1.82, 2.24) is 15.1 Å². The maximum atomic E-state index is 5.28. The summed E-state index contributed by atoms with van der Waals surface area (Å²) in [7, 11) is 1.78. The van der Waals surface area contributed by atoms with Crippen molar-refractivity contribution in [3.63, 3.8) is 0 Å². The van der Waals surface area contributed by atoms with E-state index in [-0.39, 0.29) is 0 Å². The lowest BCUT2D eigenvalue weighted by Crippen LogP contribution is -2.44. The second-order valence-electron chi connectivity index (χ2n) is 5.13. The highest BCUT2D eigenvalue weighted by Crippen LogP contribution is 2.15. The molecule has 1 aliphatic rings. The van der Waals surface area contributed by atoms with Gasteiger partial charge in [0.25, 0.3) is 0 Å². The van der Waals surface area contributed by atoms with E-state index < -0.39 is 0 Å². The van der Waals surface area contributed by atoms with E-state index >= 15 is 0 Å². The summed E-state index contributed by atoms with van der Waals surface area (Å²) in [5, 5.41) is 3.50. The van der Waals surface area contributed by atoms with Crippen LogP contribution in [-0.2, 0) is 4.74 Å². The molecule has 1 heterocycles. The number of ether oxygens (including phenoxy) is 1. The molecule has 0 radical (unpaired) electrons. The second-order valence-corrected chi connectivity index (χ2v) is 5.13. The summed E-state index contributed by atoms with van der Waals surface area (Å²) in [4.78, 5) is 5.16. The molecule has 0 aromatic rings. The summed E-state index contributed by atoms with van der Waals surface area (Å²) in [6.07, 6.45) is 1.31. The number of nitrogens with zero attached hydrogens (tertiary/aromatic N) is 2. The van der Waals surface area contributed by atoms with Gasteiger partial charge in [0.1, 0.15) is 0 Å². The van der Waals surface area contributed by atoms with Crippen LogP contribution >= 0.6 is 0 Å². The average Bonchev–Trinajstić information content (AvgIpc) is 2.80. The van der Waals surface area contributed by atoms with E-state index in [1.807, 2.05) is 0 Å². The van der Waals surface area contributed by atoms with Gasteiger partial charge in [0, 0.05) is 32.3 Å². The van der Waals surface area contributed by atoms with Gasteiger partial charge in [-0.1, -0.05) is 20.8 Å². The highest BCUT2D eigenvalue weighted by Gasteiger charge is 2.27. The fraction of sp³-hybridized carbons (Fsp3) is 1.00. The van der Waals surface area contributed by atoms with Crippen LogP contribution in [0.3, 0.4) is 0 Å². The molecule has 1 N–H and O–H groups in total. The predicted molar refractivity (Wildman–Crippen MR) is 77.1 cm³/mol. The van der Waals surface area contributed by atoms with E-state index in [0.717, 1.165) is 25.7 Å². The van der Waals surface area contributed by atoms with Crippen LogP contribution in [0.15, 0.2) is 0 Å². The van der Waals surface area contributed by atoms with Gasteiger partial charge < -0.3 is 15.0 Å². The Kier molecular flexibility index (Phi) is 7.82. The molecule has 1 aliphatic heterocycles. The molecular formula is C14H31N3O. The summed E-state index contributed by atoms with van der Waals surface area (Å²) < 4.78 is 5.28. The summed E-state index contributed by atoms with van der Waals surface area (Å²) in [6.45, 7) is 14.4. The third kappa shape index (κ3) is 4.84. The lowest BCUT2D eigenvalue weighted by atomic mass is 10.2. The maximum Gasteiger partial charge on any atom is 0.0628 e. The first kappa shape index (κ1) is 15.9. The third-order valence-corrected chi connectivity index (χ3v) is 3.92. The number of hydrogen-bond acceptors (Lipinski definition) is 4. The van der Waals surface area contributed by atoms with Crippen LogP contribution in [0.5, 0.6) is 0 Å². The fourth-order valence-electron chi connectivity index (χ4n) is 2.99. The Morgan fingerprint density at radius 3 is 2.61 bits per heavy atom. The minimum absolute atomic E-state index is 0.468. The standard InChI is InChI=1S/C14H31N3O/c1-5-15-13(12-18-4)10-16-9-8-14(11-16)17(6-2)7-3/h13-15H,5-12H2,1-4H3. The van der Waals surface area contributed by atoms with Gasteiger partial charge in [-0.2, -0.15) is 0 Å². The smallest absolute Gasteiger partial charge is 0.0628 e. The van der Waals surface area contributed by atoms with Gasteiger partial charge in [-0.15, -0.1) is 0 Å². The van der Waals surface area contributed by atoms with E-state index in [1.54, 1.807) is 7.11 Å². The van der Waals surface area contributed by atoms with Gasteiger partial charge in [-0.05, 0) is 32.6 Å². The van der Waals surface area contributed by atoms with Crippen LogP contribution < -0.4 is 5.32 Å². The molecule has 0 spiro atoms. The fourth-order valence-corrected chi connectivity index (χ4v) is 2.99. The molecule has 0 saturated carbocycles. The van der Waals surface area contributed by atoms with Gasteiger partial charge >= 0.3 is 0 Å². The Balaban J connectivity index is 2.35. The van der Waals surface area contributed by atoms with Crippen LogP contribution in [0.1, 0.15) is 27.2 Å². The van der Waals surface area contributed by atoms with Gasteiger partial charge in [0.15, 0.2) is 0 Å². The third-order valence-electron chi connectivity index (χ3n) is 3.92. The Labute approximate surface area is 113 Å². The zero-order valence-electron chi connectivity index (χ0n) is 12.6. The first-order valence-corrected chi connectivity index (χ1v) is 7.43. The number of methoxy groups -OCH3 is 1. The van der Waals surface area contributed by atoms with Gasteiger partial charge in [-0.25, -0.2) is 0 Å². The van der Waals surface area contributed by atoms with Crippen LogP contribution in [0.25, 0.3) is 0 Å². The molecule has 0 bridgehead atoms. The Morgan fingerprint density at radius 2 is 2.06 bits per heavy atom. The highest BCUT2D eigenvalue weighted by atomic mass is 16.5. The largest absolute Gasteiger partial charge is 0.383 e. The zero-order chi connectivity index (χ0) is 13.4. The number of likely N-dealkylation sites (tertiary alicyclic amines) is 1. The van der Waals surface area contributed by atoms with Gasteiger partial charge in [0.05, 0.1) is 6.61 Å². The lowest BCUT2D eigenvalue weighted by Gasteiger charge is -2.27. The monoisotopic (exact) mass is 257 g/mol. The summed E-state index contributed by atoms with van der Waals surface area (Å²) in [5.41, 5.74) is 0. The number of nitrogens with one attached hydrogen (secondary N) is 1. The Hall–Kier alpha value is -0.160. The highest BCUT2D eigenvalue weighted by molar-refractivity contribution is 4.85. The molecule has 1 saturated heterocycles. The van der Waals surface area contributed by atoms with E-state index in [9.17, 15) is 0 Å². The predicted octanol–water partition coefficient (Wildman–Crippen LogP) is 1.03. The summed E-state index contributed by atoms with van der Waals surface area (Å²) in [6, 6.07) is 1.22. The van der Waals surface area contributed by atoms with E-state index in [1.165, 1.54) is 32.6 Å². The molecule has 18 heavy (non-hydrogen) atoms. The molecule has 4 heteroatoms. The SMILES string of the molecule is CCNC(COC)CN1CCC(N(CC)CC)C1. The van der Waals surface area contributed by atoms with Crippen molar-refractivity contribution in [2.45, 2.75) is 39.3 Å². The maximum absolute atomic E-state index is 5.28. The molecule has 1 fully saturated rings. The quantitative estimate of drug-likeness (QED) is 0.668. The summed E-state index contributed by atoms with van der Waals surface area (Å²) in [5.74, 6) is 0. The first-order valence-electron chi connectivity index (χ1n) is 7.43. The van der Waals surface area contributed by atoms with Crippen LogP contribution in [0, 0.1) is 0 Å². The zero-order valence-corrected chi connectivity index (χ0v) is 12.6. The van der Waals surface area contributed by atoms with Crippen molar-refractivity contribution in [2.75, 3.05) is 53.0 Å². The van der Waals surface area contributed by atoms with Crippen molar-refractivity contribution < 1.29 is 4.74 Å². The molecule has 1 rings (SSSR count). The van der Waals surface area contributed by atoms with Crippen molar-refractivity contribution in [3.05, 3.63) is 0 Å². The average molecular weight is 257 g/mol. The molecule has 2 atom stereocenters.